The van der Waals surface area contributed by atoms with Crippen molar-refractivity contribution in [2.75, 3.05) is 35.5 Å². The van der Waals surface area contributed by atoms with Gasteiger partial charge in [0.15, 0.2) is 17.3 Å². The Morgan fingerprint density at radius 3 is 0.712 bits per heavy atom. The minimum absolute atomic E-state index is 0. The van der Waals surface area contributed by atoms with Gasteiger partial charge in [-0.05, 0) is 80.4 Å². The molecule has 9 heteroatoms. The van der Waals surface area contributed by atoms with E-state index in [4.69, 9.17) is 23.7 Å². The number of ketones is 3. The normalized spacial score (nSPS) is 8.68. The van der Waals surface area contributed by atoms with Gasteiger partial charge in [-0.15, -0.1) is 24.3 Å². The predicted molar refractivity (Wildman–Crippen MR) is 238 cm³/mol. The molecule has 6 aromatic rings. The number of rotatable bonds is 9. The second-order valence-electron chi connectivity index (χ2n) is 11.3. The van der Waals surface area contributed by atoms with Crippen LogP contribution in [0.5, 0.6) is 28.7 Å². The zero-order valence-corrected chi connectivity index (χ0v) is 36.0. The predicted octanol–water partition coefficient (Wildman–Crippen LogP) is 12.3. The molecule has 0 aliphatic rings. The van der Waals surface area contributed by atoms with E-state index in [0.29, 0.717) is 16.7 Å². The van der Waals surface area contributed by atoms with Gasteiger partial charge in [-0.1, -0.05) is 70.8 Å². The largest absolute Gasteiger partial charge is 0.522 e. The van der Waals surface area contributed by atoms with Gasteiger partial charge in [-0.25, -0.2) is 0 Å². The Bertz CT molecular complexity index is 1850. The second kappa shape index (κ2) is 33.4. The van der Waals surface area contributed by atoms with Gasteiger partial charge in [0, 0.05) is 60.9 Å². The molecule has 0 aromatic heterocycles. The summed E-state index contributed by atoms with van der Waals surface area (Å²) in [6.07, 6.45) is 0. The number of ether oxygens (including phenoxy) is 5. The Morgan fingerprint density at radius 2 is 0.525 bits per heavy atom. The van der Waals surface area contributed by atoms with Gasteiger partial charge >= 0.3 is 0 Å². The van der Waals surface area contributed by atoms with Crippen molar-refractivity contribution in [2.45, 2.75) is 43.1 Å². The van der Waals surface area contributed by atoms with E-state index in [1.165, 1.54) is 25.0 Å². The van der Waals surface area contributed by atoms with Crippen LogP contribution < -0.4 is 23.7 Å². The van der Waals surface area contributed by atoms with Crippen molar-refractivity contribution in [1.29, 1.82) is 0 Å². The molecule has 313 valence electrons. The molecule has 6 aromatic carbocycles. The topological polar surface area (TPSA) is 97.4 Å². The number of hydrogen-bond acceptors (Lipinski definition) is 8. The van der Waals surface area contributed by atoms with Crippen LogP contribution in [0.2, 0.25) is 0 Å². The molecule has 0 unspecified atom stereocenters. The Balaban J connectivity index is -0.000000668. The van der Waals surface area contributed by atoms with Crippen molar-refractivity contribution in [2.24, 2.45) is 0 Å². The Hall–Kier alpha value is -5.57. The van der Waals surface area contributed by atoms with E-state index in [1.807, 2.05) is 97.1 Å². The van der Waals surface area contributed by atoms with Gasteiger partial charge in [-0.3, -0.25) is 14.4 Å². The molecule has 0 bridgehead atoms. The Morgan fingerprint density at radius 1 is 0.339 bits per heavy atom. The van der Waals surface area contributed by atoms with Gasteiger partial charge in [0.25, 0.3) is 0 Å². The fourth-order valence-electron chi connectivity index (χ4n) is 4.35. The average molecular weight is 878 g/mol. The van der Waals surface area contributed by atoms with Crippen LogP contribution in [0.1, 0.15) is 74.1 Å². The number of Topliss-reactive ketones (excluding diaryl/α,β-unsaturated/α-hetero) is 3. The van der Waals surface area contributed by atoms with Crippen LogP contribution in [0, 0.1) is 12.1 Å². The minimum Gasteiger partial charge on any atom is -0.522 e. The first kappa shape index (κ1) is 57.8. The first-order chi connectivity index (χ1) is 26.5. The summed E-state index contributed by atoms with van der Waals surface area (Å²) in [6.45, 7) is 4.55. The zero-order chi connectivity index (χ0) is 40.4. The van der Waals surface area contributed by atoms with E-state index in [-0.39, 0.29) is 72.3 Å². The fraction of sp³-hybridized carbons (Fsp3) is 0.220. The molecule has 0 saturated heterocycles. The third-order valence-corrected chi connectivity index (χ3v) is 7.55. The maximum absolute atomic E-state index is 10.8. The number of benzene rings is 6. The molecule has 0 heterocycles. The van der Waals surface area contributed by atoms with Gasteiger partial charge < -0.3 is 23.7 Å². The van der Waals surface area contributed by atoms with Crippen molar-refractivity contribution < 1.29 is 70.8 Å². The summed E-state index contributed by atoms with van der Waals surface area (Å²) in [6, 6.07) is 50.2. The fourth-order valence-corrected chi connectivity index (χ4v) is 4.35. The average Bonchev–Trinajstić information content (AvgIpc) is 3.25. The second-order valence-corrected chi connectivity index (χ2v) is 11.3. The van der Waals surface area contributed by atoms with Gasteiger partial charge in [0.2, 0.25) is 0 Å². The van der Waals surface area contributed by atoms with Crippen LogP contribution in [-0.4, -0.2) is 52.9 Å². The van der Waals surface area contributed by atoms with Crippen molar-refractivity contribution >= 4 is 17.3 Å². The molecule has 0 amide bonds. The number of carbonyl (C=O) groups is 3. The first-order valence-electron chi connectivity index (χ1n) is 17.1. The van der Waals surface area contributed by atoms with Gasteiger partial charge in [-0.2, -0.15) is 36.4 Å². The van der Waals surface area contributed by atoms with Gasteiger partial charge in [0.1, 0.15) is 17.2 Å². The summed E-state index contributed by atoms with van der Waals surface area (Å²) in [5.74, 6) is 4.39. The standard InChI is InChI=1S/C14H14O2.C10H10O2.C9H10O2.2C7H7O.3CH4.Y/c1-15-13-7-3-11(4-8-13)12-5-9-14(16-2)10-6-12;1-7(11)9-3-5-10(6-4-9)8(2)12;1-7(10)8-3-5-9(11-2)6-4-8;2*1-8-7-5-3-2-4-6-7;;;;/h3-10H,1-2H3;3-6H,1-2H3;3-6H,1-2H3;2*3-6H,1H3;3*1H4;/q;;;2*-1;;;;. The summed E-state index contributed by atoms with van der Waals surface area (Å²) in [5, 5.41) is 0. The van der Waals surface area contributed by atoms with Crippen LogP contribution in [0.3, 0.4) is 0 Å². The molecule has 8 nitrogen and oxygen atoms in total. The number of carbonyl (C=O) groups excluding carboxylic acids is 3. The summed E-state index contributed by atoms with van der Waals surface area (Å²) in [5.41, 5.74) is 4.33. The van der Waals surface area contributed by atoms with Gasteiger partial charge in [0.05, 0.1) is 35.5 Å². The summed E-state index contributed by atoms with van der Waals surface area (Å²) >= 11 is 0. The first-order valence-corrected chi connectivity index (χ1v) is 17.1. The van der Waals surface area contributed by atoms with Crippen molar-refractivity contribution in [3.8, 4) is 39.9 Å². The molecule has 0 N–H and O–H groups in total. The molecule has 0 spiro atoms. The maximum Gasteiger partial charge on any atom is 0.159 e. The minimum atomic E-state index is 0. The SMILES string of the molecule is C.C.C.CC(=O)c1ccc(C(C)=O)cc1.COc1cc[c-]cc1.COc1cc[c-]cc1.COc1ccc(-c2ccc(OC)cc2)cc1.COc1ccc(C(C)=O)cc1.[Y]. The molecular formula is C50H60O8Y-2. The Kier molecular flexibility index (Phi) is 32.7. The quantitative estimate of drug-likeness (QED) is 0.105. The molecular weight excluding hydrogens is 817 g/mol. The number of methoxy groups -OCH3 is 5. The monoisotopic (exact) mass is 877 g/mol. The molecule has 0 atom stereocenters. The zero-order valence-electron chi connectivity index (χ0n) is 33.2. The van der Waals surface area contributed by atoms with E-state index in [0.717, 1.165) is 28.7 Å². The number of hydrogen-bond donors (Lipinski definition) is 0. The molecule has 0 aliphatic heterocycles. The van der Waals surface area contributed by atoms with Crippen LogP contribution in [0.4, 0.5) is 0 Å². The van der Waals surface area contributed by atoms with E-state index in [9.17, 15) is 14.4 Å². The van der Waals surface area contributed by atoms with Crippen molar-refractivity contribution in [1.82, 2.24) is 0 Å². The van der Waals surface area contributed by atoms with E-state index in [1.54, 1.807) is 91.0 Å². The van der Waals surface area contributed by atoms with E-state index < -0.39 is 0 Å². The van der Waals surface area contributed by atoms with E-state index >= 15 is 0 Å². The smallest absolute Gasteiger partial charge is 0.159 e. The van der Waals surface area contributed by atoms with Crippen LogP contribution in [-0.2, 0) is 32.7 Å². The van der Waals surface area contributed by atoms with Crippen molar-refractivity contribution in [3.05, 3.63) is 174 Å². The van der Waals surface area contributed by atoms with E-state index in [2.05, 4.69) is 12.1 Å². The summed E-state index contributed by atoms with van der Waals surface area (Å²) < 4.78 is 25.0. The maximum atomic E-state index is 10.8. The van der Waals surface area contributed by atoms with Crippen LogP contribution in [0.25, 0.3) is 11.1 Å². The molecule has 1 radical (unpaired) electrons. The van der Waals surface area contributed by atoms with Crippen molar-refractivity contribution in [3.63, 3.8) is 0 Å². The summed E-state index contributed by atoms with van der Waals surface area (Å²) in [7, 11) is 8.23. The van der Waals surface area contributed by atoms with Crippen LogP contribution >= 0.6 is 0 Å². The van der Waals surface area contributed by atoms with Crippen LogP contribution in [0.15, 0.2) is 146 Å². The third-order valence-electron chi connectivity index (χ3n) is 7.55. The molecule has 0 saturated carbocycles. The molecule has 0 aliphatic carbocycles. The molecule has 6 rings (SSSR count). The molecule has 0 fully saturated rings. The molecule has 59 heavy (non-hydrogen) atoms. The third kappa shape index (κ3) is 22.8. The Labute approximate surface area is 378 Å². The summed E-state index contributed by atoms with van der Waals surface area (Å²) in [4.78, 5) is 32.5.